The molecule has 6 nitrogen and oxygen atoms in total. The van der Waals surface area contributed by atoms with Gasteiger partial charge in [-0.2, -0.15) is 10.2 Å². The van der Waals surface area contributed by atoms with Crippen molar-refractivity contribution in [1.29, 1.82) is 5.26 Å². The van der Waals surface area contributed by atoms with E-state index < -0.39 is 0 Å². The number of nitrogens with one attached hydrogen (secondary N) is 2. The Bertz CT molecular complexity index is 745. The Morgan fingerprint density at radius 1 is 1.30 bits per heavy atom. The zero-order chi connectivity index (χ0) is 16.7. The first-order valence-electron chi connectivity index (χ1n) is 6.80. The van der Waals surface area contributed by atoms with E-state index in [1.807, 2.05) is 6.07 Å². The van der Waals surface area contributed by atoms with Crippen LogP contribution in [0.3, 0.4) is 0 Å². The van der Waals surface area contributed by atoms with Gasteiger partial charge < -0.3 is 10.6 Å². The standard InChI is InChI=1S/C15H13Cl2N5O/c16-12-9-21-15(17)22-13(12)19-5-2-6-20-14(23)11-4-1-3-10(7-11)8-18/h1,3-4,7,9H,2,5-6H2,(H,20,23)(H,19,21,22). The van der Waals surface area contributed by atoms with Crippen molar-refractivity contribution >= 4 is 34.9 Å². The zero-order valence-corrected chi connectivity index (χ0v) is 13.5. The smallest absolute Gasteiger partial charge is 0.251 e. The Labute approximate surface area is 143 Å². The number of hydrogen-bond acceptors (Lipinski definition) is 5. The third kappa shape index (κ3) is 5.09. The second-order valence-corrected chi connectivity index (χ2v) is 5.31. The third-order valence-electron chi connectivity index (χ3n) is 2.90. The van der Waals surface area contributed by atoms with Gasteiger partial charge in [0.25, 0.3) is 5.91 Å². The molecule has 1 amide bonds. The molecular weight excluding hydrogens is 337 g/mol. The van der Waals surface area contributed by atoms with Crippen LogP contribution in [0.5, 0.6) is 0 Å². The van der Waals surface area contributed by atoms with Crippen molar-refractivity contribution in [3.8, 4) is 6.07 Å². The molecule has 0 fully saturated rings. The largest absolute Gasteiger partial charge is 0.369 e. The van der Waals surface area contributed by atoms with Crippen LogP contribution in [0.15, 0.2) is 30.5 Å². The highest BCUT2D eigenvalue weighted by Crippen LogP contribution is 2.18. The van der Waals surface area contributed by atoms with Gasteiger partial charge >= 0.3 is 0 Å². The molecule has 0 aliphatic carbocycles. The van der Waals surface area contributed by atoms with Crippen molar-refractivity contribution in [3.63, 3.8) is 0 Å². The van der Waals surface area contributed by atoms with E-state index in [2.05, 4.69) is 20.6 Å². The lowest BCUT2D eigenvalue weighted by molar-refractivity contribution is 0.0953. The molecule has 0 saturated heterocycles. The van der Waals surface area contributed by atoms with Gasteiger partial charge in [0.1, 0.15) is 10.8 Å². The number of carbonyl (C=O) groups is 1. The van der Waals surface area contributed by atoms with Crippen LogP contribution in [0.2, 0.25) is 10.3 Å². The molecule has 0 unspecified atom stereocenters. The fourth-order valence-corrected chi connectivity index (χ4v) is 2.09. The quantitative estimate of drug-likeness (QED) is 0.618. The molecule has 1 aromatic heterocycles. The summed E-state index contributed by atoms with van der Waals surface area (Å²) in [6.07, 6.45) is 2.09. The number of amides is 1. The van der Waals surface area contributed by atoms with E-state index in [4.69, 9.17) is 28.5 Å². The molecular formula is C15H13Cl2N5O. The van der Waals surface area contributed by atoms with Gasteiger partial charge in [-0.05, 0) is 36.2 Å². The molecule has 1 aromatic carbocycles. The first-order chi connectivity index (χ1) is 11.1. The second-order valence-electron chi connectivity index (χ2n) is 4.56. The summed E-state index contributed by atoms with van der Waals surface area (Å²) in [6.45, 7) is 1.03. The van der Waals surface area contributed by atoms with Crippen LogP contribution >= 0.6 is 23.2 Å². The average molecular weight is 350 g/mol. The van der Waals surface area contributed by atoms with Crippen molar-refractivity contribution in [2.45, 2.75) is 6.42 Å². The van der Waals surface area contributed by atoms with Crippen LogP contribution in [0, 0.1) is 11.3 Å². The van der Waals surface area contributed by atoms with Crippen LogP contribution in [0.4, 0.5) is 5.82 Å². The average Bonchev–Trinajstić information content (AvgIpc) is 2.57. The fraction of sp³-hybridized carbons (Fsp3) is 0.200. The highest BCUT2D eigenvalue weighted by Gasteiger charge is 2.06. The predicted octanol–water partition coefficient (Wildman–Crippen LogP) is 2.89. The Morgan fingerprint density at radius 2 is 2.13 bits per heavy atom. The Morgan fingerprint density at radius 3 is 2.91 bits per heavy atom. The lowest BCUT2D eigenvalue weighted by atomic mass is 10.1. The SMILES string of the molecule is N#Cc1cccc(C(=O)NCCCNc2nc(Cl)ncc2Cl)c1. The van der Waals surface area contributed by atoms with E-state index in [9.17, 15) is 4.79 Å². The first kappa shape index (κ1) is 17.0. The number of anilines is 1. The number of halogens is 2. The molecule has 0 atom stereocenters. The molecule has 118 valence electrons. The predicted molar refractivity (Wildman–Crippen MR) is 88.6 cm³/mol. The summed E-state index contributed by atoms with van der Waals surface area (Å²) in [5.41, 5.74) is 0.914. The molecule has 2 N–H and O–H groups in total. The lowest BCUT2D eigenvalue weighted by Gasteiger charge is -2.08. The molecule has 1 heterocycles. The van der Waals surface area contributed by atoms with Gasteiger partial charge in [0.15, 0.2) is 0 Å². The van der Waals surface area contributed by atoms with Crippen LogP contribution in [-0.2, 0) is 0 Å². The van der Waals surface area contributed by atoms with Crippen molar-refractivity contribution in [1.82, 2.24) is 15.3 Å². The van der Waals surface area contributed by atoms with Crippen molar-refractivity contribution in [3.05, 3.63) is 51.9 Å². The van der Waals surface area contributed by atoms with Crippen LogP contribution < -0.4 is 10.6 Å². The third-order valence-corrected chi connectivity index (χ3v) is 3.36. The van der Waals surface area contributed by atoms with Crippen LogP contribution in [0.25, 0.3) is 0 Å². The number of rotatable bonds is 6. The Hall–Kier alpha value is -2.36. The topological polar surface area (TPSA) is 90.7 Å². The summed E-state index contributed by atoms with van der Waals surface area (Å²) >= 11 is 11.6. The van der Waals surface area contributed by atoms with Crippen LogP contribution in [0.1, 0.15) is 22.3 Å². The summed E-state index contributed by atoms with van der Waals surface area (Å²) in [5.74, 6) is 0.241. The zero-order valence-electron chi connectivity index (χ0n) is 12.0. The molecule has 0 spiro atoms. The molecule has 2 rings (SSSR count). The number of carbonyl (C=O) groups excluding carboxylic acids is 1. The monoisotopic (exact) mass is 349 g/mol. The Balaban J connectivity index is 1.76. The number of aromatic nitrogens is 2. The molecule has 2 aromatic rings. The minimum absolute atomic E-state index is 0.113. The number of nitrogens with zero attached hydrogens (tertiary/aromatic N) is 3. The molecule has 0 aliphatic heterocycles. The van der Waals surface area contributed by atoms with Gasteiger partial charge in [-0.15, -0.1) is 0 Å². The van der Waals surface area contributed by atoms with Crippen molar-refractivity contribution in [2.75, 3.05) is 18.4 Å². The minimum Gasteiger partial charge on any atom is -0.369 e. The number of nitriles is 1. The Kier molecular flexibility index (Phi) is 6.15. The van der Waals surface area contributed by atoms with E-state index in [0.717, 1.165) is 0 Å². The normalized spacial score (nSPS) is 9.96. The molecule has 0 saturated carbocycles. The number of hydrogen-bond donors (Lipinski definition) is 2. The van der Waals surface area contributed by atoms with Gasteiger partial charge in [-0.3, -0.25) is 4.79 Å². The highest BCUT2D eigenvalue weighted by atomic mass is 35.5. The van der Waals surface area contributed by atoms with E-state index in [0.29, 0.717) is 41.5 Å². The molecule has 0 bridgehead atoms. The number of benzene rings is 1. The van der Waals surface area contributed by atoms with Crippen molar-refractivity contribution < 1.29 is 4.79 Å². The van der Waals surface area contributed by atoms with Gasteiger partial charge in [0, 0.05) is 18.7 Å². The van der Waals surface area contributed by atoms with Gasteiger partial charge in [-0.1, -0.05) is 17.7 Å². The first-order valence-corrected chi connectivity index (χ1v) is 7.56. The maximum absolute atomic E-state index is 11.9. The summed E-state index contributed by atoms with van der Waals surface area (Å²) < 4.78 is 0. The van der Waals surface area contributed by atoms with Gasteiger partial charge in [0.2, 0.25) is 5.28 Å². The van der Waals surface area contributed by atoms with Crippen LogP contribution in [-0.4, -0.2) is 29.0 Å². The summed E-state index contributed by atoms with van der Waals surface area (Å²) in [4.78, 5) is 19.7. The van der Waals surface area contributed by atoms with E-state index in [1.54, 1.807) is 24.3 Å². The summed E-state index contributed by atoms with van der Waals surface area (Å²) in [7, 11) is 0. The van der Waals surface area contributed by atoms with Crippen molar-refractivity contribution in [2.24, 2.45) is 0 Å². The lowest BCUT2D eigenvalue weighted by Crippen LogP contribution is -2.26. The minimum atomic E-state index is -0.217. The molecule has 0 radical (unpaired) electrons. The van der Waals surface area contributed by atoms with Gasteiger partial charge in [-0.25, -0.2) is 4.98 Å². The maximum Gasteiger partial charge on any atom is 0.251 e. The van der Waals surface area contributed by atoms with E-state index in [-0.39, 0.29) is 11.2 Å². The van der Waals surface area contributed by atoms with E-state index >= 15 is 0 Å². The summed E-state index contributed by atoms with van der Waals surface area (Å²) in [6, 6.07) is 8.54. The molecule has 8 heteroatoms. The summed E-state index contributed by atoms with van der Waals surface area (Å²) in [5, 5.41) is 15.1. The molecule has 23 heavy (non-hydrogen) atoms. The van der Waals surface area contributed by atoms with E-state index in [1.165, 1.54) is 6.20 Å². The fourth-order valence-electron chi connectivity index (χ4n) is 1.80. The highest BCUT2D eigenvalue weighted by molar-refractivity contribution is 6.33. The molecule has 0 aliphatic rings. The second kappa shape index (κ2) is 8.32. The maximum atomic E-state index is 11.9. The van der Waals surface area contributed by atoms with Gasteiger partial charge in [0.05, 0.1) is 17.8 Å².